The Morgan fingerprint density at radius 1 is 1.27 bits per heavy atom. The number of thioether (sulfide) groups is 1. The Kier molecular flexibility index (Phi) is 7.03. The lowest BCUT2D eigenvalue weighted by Crippen LogP contribution is -2.14. The van der Waals surface area contributed by atoms with Crippen molar-refractivity contribution in [1.29, 1.82) is 0 Å². The van der Waals surface area contributed by atoms with Gasteiger partial charge in [0.25, 0.3) is 0 Å². The van der Waals surface area contributed by atoms with Crippen LogP contribution in [0.25, 0.3) is 0 Å². The quantitative estimate of drug-likeness (QED) is 0.539. The second kappa shape index (κ2) is 9.24. The van der Waals surface area contributed by atoms with E-state index in [0.717, 1.165) is 11.3 Å². The summed E-state index contributed by atoms with van der Waals surface area (Å²) in [6, 6.07) is 12.6. The molecule has 1 amide bonds. The van der Waals surface area contributed by atoms with Crippen molar-refractivity contribution < 1.29 is 14.5 Å². The molecule has 0 unspecified atom stereocenters. The standard InChI is InChI=1S/C19H22N2O4S/c1-13(2)15-5-4-6-16(10-15)20-19(22)12-26-11-14-7-8-18(25-3)17(9-14)21(23)24/h4-10,13H,11-12H2,1-3H3,(H,20,22). The summed E-state index contributed by atoms with van der Waals surface area (Å²) in [5.74, 6) is 1.30. The molecule has 0 heterocycles. The highest BCUT2D eigenvalue weighted by Crippen LogP contribution is 2.29. The number of carbonyl (C=O) groups excluding carboxylic acids is 1. The molecule has 0 atom stereocenters. The summed E-state index contributed by atoms with van der Waals surface area (Å²) in [7, 11) is 1.40. The Balaban J connectivity index is 1.89. The van der Waals surface area contributed by atoms with E-state index in [1.54, 1.807) is 12.1 Å². The van der Waals surface area contributed by atoms with Crippen LogP contribution in [0, 0.1) is 10.1 Å². The summed E-state index contributed by atoms with van der Waals surface area (Å²) in [6.07, 6.45) is 0. The van der Waals surface area contributed by atoms with Crippen molar-refractivity contribution in [3.8, 4) is 5.75 Å². The first-order chi connectivity index (χ1) is 12.4. The number of nitrogens with zero attached hydrogens (tertiary/aromatic N) is 1. The van der Waals surface area contributed by atoms with Gasteiger partial charge >= 0.3 is 5.69 Å². The third kappa shape index (κ3) is 5.49. The minimum Gasteiger partial charge on any atom is -0.490 e. The molecule has 0 aromatic heterocycles. The average Bonchev–Trinajstić information content (AvgIpc) is 2.61. The molecule has 138 valence electrons. The van der Waals surface area contributed by atoms with Crippen molar-refractivity contribution in [2.24, 2.45) is 0 Å². The highest BCUT2D eigenvalue weighted by Gasteiger charge is 2.15. The first-order valence-electron chi connectivity index (χ1n) is 8.19. The van der Waals surface area contributed by atoms with Gasteiger partial charge in [-0.1, -0.05) is 32.0 Å². The van der Waals surface area contributed by atoms with Gasteiger partial charge in [0.05, 0.1) is 17.8 Å². The monoisotopic (exact) mass is 374 g/mol. The molecular weight excluding hydrogens is 352 g/mol. The number of rotatable bonds is 8. The third-order valence-corrected chi connectivity index (χ3v) is 4.78. The van der Waals surface area contributed by atoms with Crippen LogP contribution in [-0.4, -0.2) is 23.7 Å². The van der Waals surface area contributed by atoms with Crippen LogP contribution in [0.3, 0.4) is 0 Å². The van der Waals surface area contributed by atoms with Crippen molar-refractivity contribution in [1.82, 2.24) is 0 Å². The Labute approximate surface area is 157 Å². The fourth-order valence-electron chi connectivity index (χ4n) is 2.40. The van der Waals surface area contributed by atoms with Gasteiger partial charge in [-0.25, -0.2) is 0 Å². The summed E-state index contributed by atoms with van der Waals surface area (Å²) in [5.41, 5.74) is 2.65. The number of nitro benzene ring substituents is 1. The van der Waals surface area contributed by atoms with Crippen LogP contribution in [0.4, 0.5) is 11.4 Å². The molecule has 2 aromatic carbocycles. The van der Waals surface area contributed by atoms with E-state index < -0.39 is 4.92 Å². The summed E-state index contributed by atoms with van der Waals surface area (Å²) < 4.78 is 4.98. The lowest BCUT2D eigenvalue weighted by atomic mass is 10.0. The normalized spacial score (nSPS) is 10.6. The number of ether oxygens (including phenoxy) is 1. The van der Waals surface area contributed by atoms with Crippen molar-refractivity contribution in [2.45, 2.75) is 25.5 Å². The maximum absolute atomic E-state index is 12.1. The Hall–Kier alpha value is -2.54. The molecule has 0 spiro atoms. The topological polar surface area (TPSA) is 81.5 Å². The lowest BCUT2D eigenvalue weighted by Gasteiger charge is -2.09. The summed E-state index contributed by atoms with van der Waals surface area (Å²) >= 11 is 1.40. The fraction of sp³-hybridized carbons (Fsp3) is 0.316. The van der Waals surface area contributed by atoms with E-state index in [-0.39, 0.29) is 23.1 Å². The fourth-order valence-corrected chi connectivity index (χ4v) is 3.18. The summed E-state index contributed by atoms with van der Waals surface area (Å²) in [6.45, 7) is 4.20. The largest absolute Gasteiger partial charge is 0.490 e. The minimum atomic E-state index is -0.471. The molecule has 0 bridgehead atoms. The van der Waals surface area contributed by atoms with Crippen LogP contribution in [0.5, 0.6) is 5.75 Å². The van der Waals surface area contributed by atoms with E-state index >= 15 is 0 Å². The Bertz CT molecular complexity index is 793. The third-order valence-electron chi connectivity index (χ3n) is 3.78. The number of hydrogen-bond donors (Lipinski definition) is 1. The molecule has 0 saturated heterocycles. The lowest BCUT2D eigenvalue weighted by molar-refractivity contribution is -0.385. The Morgan fingerprint density at radius 2 is 2.04 bits per heavy atom. The molecule has 0 fully saturated rings. The first kappa shape index (κ1) is 19.8. The zero-order chi connectivity index (χ0) is 19.1. The van der Waals surface area contributed by atoms with Gasteiger partial charge < -0.3 is 10.1 Å². The summed E-state index contributed by atoms with van der Waals surface area (Å²) in [4.78, 5) is 22.7. The van der Waals surface area contributed by atoms with Gasteiger partial charge in [-0.15, -0.1) is 11.8 Å². The van der Waals surface area contributed by atoms with E-state index in [9.17, 15) is 14.9 Å². The predicted octanol–water partition coefficient (Wildman–Crippen LogP) is 4.60. The van der Waals surface area contributed by atoms with Gasteiger partial charge in [0.2, 0.25) is 5.91 Å². The van der Waals surface area contributed by atoms with Gasteiger partial charge in [-0.2, -0.15) is 0 Å². The molecule has 6 nitrogen and oxygen atoms in total. The van der Waals surface area contributed by atoms with Crippen LogP contribution >= 0.6 is 11.8 Å². The highest BCUT2D eigenvalue weighted by atomic mass is 32.2. The van der Waals surface area contributed by atoms with E-state index in [1.165, 1.54) is 30.5 Å². The van der Waals surface area contributed by atoms with Crippen LogP contribution in [0.1, 0.15) is 30.9 Å². The van der Waals surface area contributed by atoms with E-state index in [1.807, 2.05) is 24.3 Å². The number of carbonyl (C=O) groups is 1. The number of benzene rings is 2. The van der Waals surface area contributed by atoms with Crippen molar-refractivity contribution in [2.75, 3.05) is 18.2 Å². The molecule has 0 radical (unpaired) electrons. The van der Waals surface area contributed by atoms with E-state index in [2.05, 4.69) is 19.2 Å². The SMILES string of the molecule is COc1ccc(CSCC(=O)Nc2cccc(C(C)C)c2)cc1[N+](=O)[O-]. The smallest absolute Gasteiger partial charge is 0.311 e. The van der Waals surface area contributed by atoms with Crippen LogP contribution in [0.15, 0.2) is 42.5 Å². The molecule has 26 heavy (non-hydrogen) atoms. The van der Waals surface area contributed by atoms with Gasteiger partial charge in [-0.05, 0) is 35.2 Å². The highest BCUT2D eigenvalue weighted by molar-refractivity contribution is 7.99. The van der Waals surface area contributed by atoms with Crippen molar-refractivity contribution in [3.63, 3.8) is 0 Å². The molecule has 0 aliphatic carbocycles. The number of hydrogen-bond acceptors (Lipinski definition) is 5. The van der Waals surface area contributed by atoms with Crippen LogP contribution < -0.4 is 10.1 Å². The maximum Gasteiger partial charge on any atom is 0.311 e. The van der Waals surface area contributed by atoms with Gasteiger partial charge in [-0.3, -0.25) is 14.9 Å². The van der Waals surface area contributed by atoms with Gasteiger partial charge in [0, 0.05) is 17.5 Å². The van der Waals surface area contributed by atoms with Crippen LogP contribution in [-0.2, 0) is 10.5 Å². The Morgan fingerprint density at radius 3 is 2.69 bits per heavy atom. The number of amides is 1. The maximum atomic E-state index is 12.1. The van der Waals surface area contributed by atoms with E-state index in [4.69, 9.17) is 4.74 Å². The van der Waals surface area contributed by atoms with Gasteiger partial charge in [0.1, 0.15) is 0 Å². The molecular formula is C19H22N2O4S. The molecule has 7 heteroatoms. The second-order valence-corrected chi connectivity index (χ2v) is 7.07. The average molecular weight is 374 g/mol. The zero-order valence-corrected chi connectivity index (χ0v) is 15.8. The molecule has 2 rings (SSSR count). The second-order valence-electron chi connectivity index (χ2n) is 6.08. The molecule has 0 aliphatic rings. The number of nitrogens with one attached hydrogen (secondary N) is 1. The molecule has 1 N–H and O–H groups in total. The molecule has 0 saturated carbocycles. The number of anilines is 1. The molecule has 0 aliphatic heterocycles. The first-order valence-corrected chi connectivity index (χ1v) is 9.35. The zero-order valence-electron chi connectivity index (χ0n) is 15.0. The summed E-state index contributed by atoms with van der Waals surface area (Å²) in [5, 5.41) is 13.9. The van der Waals surface area contributed by atoms with Crippen molar-refractivity contribution in [3.05, 3.63) is 63.7 Å². The van der Waals surface area contributed by atoms with Crippen molar-refractivity contribution >= 4 is 29.0 Å². The van der Waals surface area contributed by atoms with E-state index in [0.29, 0.717) is 11.7 Å². The number of methoxy groups -OCH3 is 1. The molecule has 2 aromatic rings. The van der Waals surface area contributed by atoms with Gasteiger partial charge in [0.15, 0.2) is 5.75 Å². The van der Waals surface area contributed by atoms with Crippen LogP contribution in [0.2, 0.25) is 0 Å². The minimum absolute atomic E-state index is 0.0689. The predicted molar refractivity (Wildman–Crippen MR) is 105 cm³/mol. The number of nitro groups is 1.